The highest BCUT2D eigenvalue weighted by molar-refractivity contribution is 6.39. The van der Waals surface area contributed by atoms with Gasteiger partial charge in [-0.15, -0.1) is 0 Å². The SMILES string of the molecule is COc1ccc2c(Nc3c(Cl)cncc3Cl)ccnc2c1OCCCCCCN(C)C. The van der Waals surface area contributed by atoms with Gasteiger partial charge in [0, 0.05) is 29.7 Å². The van der Waals surface area contributed by atoms with E-state index in [1.807, 2.05) is 18.2 Å². The first-order valence-corrected chi connectivity index (χ1v) is 11.1. The van der Waals surface area contributed by atoms with Crippen LogP contribution >= 0.6 is 23.2 Å². The number of ether oxygens (including phenoxy) is 2. The van der Waals surface area contributed by atoms with Crippen LogP contribution in [0.3, 0.4) is 0 Å². The molecule has 0 spiro atoms. The zero-order valence-corrected chi connectivity index (χ0v) is 19.6. The largest absolute Gasteiger partial charge is 0.493 e. The average molecular weight is 463 g/mol. The van der Waals surface area contributed by atoms with Gasteiger partial charge in [0.15, 0.2) is 11.5 Å². The van der Waals surface area contributed by atoms with E-state index < -0.39 is 0 Å². The van der Waals surface area contributed by atoms with Crippen LogP contribution in [0, 0.1) is 0 Å². The molecule has 2 heterocycles. The molecule has 0 saturated carbocycles. The summed E-state index contributed by atoms with van der Waals surface area (Å²) in [6.45, 7) is 1.72. The van der Waals surface area contributed by atoms with Crippen molar-refractivity contribution in [1.82, 2.24) is 14.9 Å². The predicted molar refractivity (Wildman–Crippen MR) is 128 cm³/mol. The molecule has 0 atom stereocenters. The Labute approximate surface area is 193 Å². The van der Waals surface area contributed by atoms with E-state index in [1.165, 1.54) is 12.8 Å². The van der Waals surface area contributed by atoms with Crippen LogP contribution in [0.5, 0.6) is 11.5 Å². The number of pyridine rings is 2. The number of benzene rings is 1. The smallest absolute Gasteiger partial charge is 0.187 e. The van der Waals surface area contributed by atoms with Crippen LogP contribution in [0.2, 0.25) is 10.0 Å². The number of aromatic nitrogens is 2. The van der Waals surface area contributed by atoms with Crippen molar-refractivity contribution in [3.8, 4) is 11.5 Å². The average Bonchev–Trinajstić information content (AvgIpc) is 2.75. The van der Waals surface area contributed by atoms with Crippen molar-refractivity contribution >= 4 is 45.5 Å². The molecule has 0 fully saturated rings. The van der Waals surface area contributed by atoms with Crippen LogP contribution in [0.15, 0.2) is 36.8 Å². The zero-order chi connectivity index (χ0) is 22.2. The summed E-state index contributed by atoms with van der Waals surface area (Å²) in [6, 6.07) is 5.70. The lowest BCUT2D eigenvalue weighted by atomic mass is 10.1. The minimum atomic E-state index is 0.441. The minimum absolute atomic E-state index is 0.441. The first-order chi connectivity index (χ1) is 15.0. The molecule has 1 N–H and O–H groups in total. The first kappa shape index (κ1) is 23.4. The van der Waals surface area contributed by atoms with E-state index in [2.05, 4.69) is 34.3 Å². The third-order valence-electron chi connectivity index (χ3n) is 4.91. The highest BCUT2D eigenvalue weighted by Crippen LogP contribution is 2.39. The second kappa shape index (κ2) is 11.4. The lowest BCUT2D eigenvalue weighted by Gasteiger charge is -2.16. The van der Waals surface area contributed by atoms with E-state index in [9.17, 15) is 0 Å². The van der Waals surface area contributed by atoms with Gasteiger partial charge in [0.1, 0.15) is 5.52 Å². The molecule has 0 aliphatic carbocycles. The number of rotatable bonds is 11. The van der Waals surface area contributed by atoms with Crippen LogP contribution < -0.4 is 14.8 Å². The van der Waals surface area contributed by atoms with Gasteiger partial charge in [-0.05, 0) is 51.7 Å². The summed E-state index contributed by atoms with van der Waals surface area (Å²) >= 11 is 12.6. The number of nitrogens with zero attached hydrogens (tertiary/aromatic N) is 3. The Kier molecular flexibility index (Phi) is 8.58. The topological polar surface area (TPSA) is 59.5 Å². The van der Waals surface area contributed by atoms with Gasteiger partial charge in [-0.2, -0.15) is 0 Å². The molecule has 0 aliphatic heterocycles. The third-order valence-corrected chi connectivity index (χ3v) is 5.48. The highest BCUT2D eigenvalue weighted by Gasteiger charge is 2.15. The summed E-state index contributed by atoms with van der Waals surface area (Å²) in [5.41, 5.74) is 2.14. The summed E-state index contributed by atoms with van der Waals surface area (Å²) in [5, 5.41) is 5.07. The monoisotopic (exact) mass is 462 g/mol. The van der Waals surface area contributed by atoms with Gasteiger partial charge in [-0.3, -0.25) is 9.97 Å². The maximum atomic E-state index is 6.28. The van der Waals surface area contributed by atoms with Gasteiger partial charge >= 0.3 is 0 Å². The number of unbranched alkanes of at least 4 members (excludes halogenated alkanes) is 3. The molecule has 166 valence electrons. The third kappa shape index (κ3) is 6.12. The quantitative estimate of drug-likeness (QED) is 0.342. The molecule has 2 aromatic heterocycles. The summed E-state index contributed by atoms with van der Waals surface area (Å²) in [6.07, 6.45) is 9.31. The van der Waals surface area contributed by atoms with E-state index in [-0.39, 0.29) is 0 Å². The Morgan fingerprint density at radius 1 is 1.00 bits per heavy atom. The van der Waals surface area contributed by atoms with E-state index >= 15 is 0 Å². The van der Waals surface area contributed by atoms with Gasteiger partial charge in [0.05, 0.1) is 29.4 Å². The van der Waals surface area contributed by atoms with E-state index in [4.69, 9.17) is 32.7 Å². The van der Waals surface area contributed by atoms with Crippen molar-refractivity contribution < 1.29 is 9.47 Å². The molecule has 6 nitrogen and oxygen atoms in total. The van der Waals surface area contributed by atoms with Crippen LogP contribution in [0.1, 0.15) is 25.7 Å². The summed E-state index contributed by atoms with van der Waals surface area (Å²) in [5.74, 6) is 1.30. The lowest BCUT2D eigenvalue weighted by Crippen LogP contribution is -2.12. The number of halogens is 2. The molecule has 0 unspecified atom stereocenters. The Morgan fingerprint density at radius 2 is 1.74 bits per heavy atom. The molecule has 3 aromatic rings. The molecule has 1 aromatic carbocycles. The molecule has 0 saturated heterocycles. The Hall–Kier alpha value is -2.28. The Morgan fingerprint density at radius 3 is 2.45 bits per heavy atom. The van der Waals surface area contributed by atoms with Gasteiger partial charge in [-0.25, -0.2) is 0 Å². The van der Waals surface area contributed by atoms with Crippen molar-refractivity contribution in [1.29, 1.82) is 0 Å². The lowest BCUT2D eigenvalue weighted by molar-refractivity contribution is 0.286. The summed E-state index contributed by atoms with van der Waals surface area (Å²) < 4.78 is 11.7. The van der Waals surface area contributed by atoms with Crippen molar-refractivity contribution in [3.63, 3.8) is 0 Å². The minimum Gasteiger partial charge on any atom is -0.493 e. The van der Waals surface area contributed by atoms with Gasteiger partial charge in [0.2, 0.25) is 0 Å². The van der Waals surface area contributed by atoms with Gasteiger partial charge in [0.25, 0.3) is 0 Å². The molecule has 0 aliphatic rings. The molecule has 0 amide bonds. The second-order valence-corrected chi connectivity index (χ2v) is 8.34. The molecule has 8 heteroatoms. The number of methoxy groups -OCH3 is 1. The number of hydrogen-bond donors (Lipinski definition) is 1. The Bertz CT molecular complexity index is 994. The fourth-order valence-corrected chi connectivity index (χ4v) is 3.77. The van der Waals surface area contributed by atoms with Crippen molar-refractivity contribution in [2.24, 2.45) is 0 Å². The second-order valence-electron chi connectivity index (χ2n) is 7.52. The van der Waals surface area contributed by atoms with Crippen LogP contribution in [-0.2, 0) is 0 Å². The molecule has 0 bridgehead atoms. The fraction of sp³-hybridized carbons (Fsp3) is 0.391. The maximum Gasteiger partial charge on any atom is 0.187 e. The standard InChI is InChI=1S/C23H28Cl2N4O2/c1-29(2)12-6-4-5-7-13-31-23-20(30-3)9-8-16-19(10-11-27-21(16)23)28-22-17(24)14-26-15-18(22)25/h8-11,14-15H,4-7,12-13H2,1-3H3,(H,26,27,28). The van der Waals surface area contributed by atoms with Gasteiger partial charge < -0.3 is 19.7 Å². The zero-order valence-electron chi connectivity index (χ0n) is 18.1. The van der Waals surface area contributed by atoms with Crippen LogP contribution in [0.25, 0.3) is 10.9 Å². The number of nitrogens with one attached hydrogen (secondary N) is 1. The van der Waals surface area contributed by atoms with Crippen LogP contribution in [-0.4, -0.2) is 49.2 Å². The molecule has 31 heavy (non-hydrogen) atoms. The summed E-state index contributed by atoms with van der Waals surface area (Å²) in [7, 11) is 5.83. The predicted octanol–water partition coefficient (Wildman–Crippen LogP) is 6.19. The van der Waals surface area contributed by atoms with Crippen molar-refractivity contribution in [3.05, 3.63) is 46.8 Å². The molecule has 3 rings (SSSR count). The number of hydrogen-bond acceptors (Lipinski definition) is 6. The number of fused-ring (bicyclic) bond motifs is 1. The van der Waals surface area contributed by atoms with E-state index in [1.54, 1.807) is 25.7 Å². The first-order valence-electron chi connectivity index (χ1n) is 10.3. The number of anilines is 2. The normalized spacial score (nSPS) is 11.2. The maximum absolute atomic E-state index is 6.28. The van der Waals surface area contributed by atoms with Crippen molar-refractivity contribution in [2.45, 2.75) is 25.7 Å². The Balaban J connectivity index is 1.77. The van der Waals surface area contributed by atoms with Gasteiger partial charge in [-0.1, -0.05) is 36.0 Å². The van der Waals surface area contributed by atoms with Crippen LogP contribution in [0.4, 0.5) is 11.4 Å². The summed E-state index contributed by atoms with van der Waals surface area (Å²) in [4.78, 5) is 10.8. The van der Waals surface area contributed by atoms with Crippen molar-refractivity contribution in [2.75, 3.05) is 39.7 Å². The molecular formula is C23H28Cl2N4O2. The van der Waals surface area contributed by atoms with E-state index in [0.717, 1.165) is 36.0 Å². The highest BCUT2D eigenvalue weighted by atomic mass is 35.5. The molecular weight excluding hydrogens is 435 g/mol. The molecule has 0 radical (unpaired) electrons. The fourth-order valence-electron chi connectivity index (χ4n) is 3.31. The van der Waals surface area contributed by atoms with E-state index in [0.29, 0.717) is 33.8 Å².